The van der Waals surface area contributed by atoms with E-state index in [0.717, 1.165) is 0 Å². The van der Waals surface area contributed by atoms with Crippen LogP contribution in [0.25, 0.3) is 0 Å². The molecule has 0 rings (SSSR count). The van der Waals surface area contributed by atoms with E-state index in [0.29, 0.717) is 6.54 Å². The van der Waals surface area contributed by atoms with Gasteiger partial charge in [0.15, 0.2) is 0 Å². The molecule has 0 aromatic heterocycles. The lowest BCUT2D eigenvalue weighted by atomic mass is 10.1. The standard InChI is InChI=1S/C5H13NO.C5H12O2/c2*1-5(2,4-6)7-3/h4,6H2,1-3H3;6H,4H2,1-3H3. The van der Waals surface area contributed by atoms with Crippen molar-refractivity contribution in [3.05, 3.63) is 0 Å². The van der Waals surface area contributed by atoms with Crippen molar-refractivity contribution in [1.82, 2.24) is 0 Å². The zero-order chi connectivity index (χ0) is 11.8. The Kier molecular flexibility index (Phi) is 8.34. The molecule has 0 aromatic carbocycles. The molecule has 4 nitrogen and oxygen atoms in total. The maximum absolute atomic E-state index is 8.47. The molecule has 0 aliphatic heterocycles. The molecule has 0 aliphatic carbocycles. The lowest BCUT2D eigenvalue weighted by molar-refractivity contribution is -0.0226. The van der Waals surface area contributed by atoms with Crippen LogP contribution in [0, 0.1) is 0 Å². The topological polar surface area (TPSA) is 64.7 Å². The van der Waals surface area contributed by atoms with Crippen LogP contribution in [-0.2, 0) is 9.47 Å². The Morgan fingerprint density at radius 3 is 1.36 bits per heavy atom. The first-order valence-electron chi connectivity index (χ1n) is 4.66. The van der Waals surface area contributed by atoms with E-state index in [1.54, 1.807) is 14.2 Å². The first-order valence-corrected chi connectivity index (χ1v) is 4.66. The zero-order valence-electron chi connectivity index (χ0n) is 10.3. The number of nitrogens with two attached hydrogens (primary N) is 1. The molecule has 0 spiro atoms. The van der Waals surface area contributed by atoms with Gasteiger partial charge < -0.3 is 20.3 Å². The van der Waals surface area contributed by atoms with Gasteiger partial charge in [0.1, 0.15) is 0 Å². The predicted molar refractivity (Wildman–Crippen MR) is 58.3 cm³/mol. The molecule has 88 valence electrons. The average molecular weight is 207 g/mol. The third-order valence-corrected chi connectivity index (χ3v) is 1.98. The summed E-state index contributed by atoms with van der Waals surface area (Å²) in [5.74, 6) is 0. The minimum absolute atomic E-state index is 0.0729. The Morgan fingerprint density at radius 1 is 1.00 bits per heavy atom. The Bertz CT molecular complexity index is 107. The fourth-order valence-corrected chi connectivity index (χ4v) is 0.148. The van der Waals surface area contributed by atoms with Gasteiger partial charge in [-0.15, -0.1) is 0 Å². The van der Waals surface area contributed by atoms with Crippen LogP contribution in [0.3, 0.4) is 0 Å². The van der Waals surface area contributed by atoms with Gasteiger partial charge in [0, 0.05) is 20.8 Å². The van der Waals surface area contributed by atoms with Gasteiger partial charge in [-0.25, -0.2) is 0 Å². The first kappa shape index (κ1) is 16.3. The smallest absolute Gasteiger partial charge is 0.0852 e. The zero-order valence-corrected chi connectivity index (χ0v) is 10.3. The molecule has 0 atom stereocenters. The van der Waals surface area contributed by atoms with Crippen molar-refractivity contribution in [3.8, 4) is 0 Å². The largest absolute Gasteiger partial charge is 0.393 e. The van der Waals surface area contributed by atoms with E-state index in [9.17, 15) is 0 Å². The van der Waals surface area contributed by atoms with Crippen molar-refractivity contribution in [1.29, 1.82) is 0 Å². The van der Waals surface area contributed by atoms with Gasteiger partial charge in [-0.2, -0.15) is 0 Å². The third-order valence-electron chi connectivity index (χ3n) is 1.98. The van der Waals surface area contributed by atoms with Crippen molar-refractivity contribution in [2.75, 3.05) is 27.4 Å². The molecule has 0 amide bonds. The van der Waals surface area contributed by atoms with E-state index in [1.807, 2.05) is 27.7 Å². The molecule has 0 radical (unpaired) electrons. The van der Waals surface area contributed by atoms with E-state index in [4.69, 9.17) is 20.3 Å². The molecule has 0 bridgehead atoms. The summed E-state index contributed by atoms with van der Waals surface area (Å²) in [7, 11) is 3.24. The maximum atomic E-state index is 8.47. The predicted octanol–water partition coefficient (Wildman–Crippen LogP) is 0.774. The lowest BCUT2D eigenvalue weighted by Crippen LogP contribution is -2.32. The highest BCUT2D eigenvalue weighted by Crippen LogP contribution is 2.03. The highest BCUT2D eigenvalue weighted by Gasteiger charge is 2.12. The fourth-order valence-electron chi connectivity index (χ4n) is 0.148. The molecule has 0 saturated carbocycles. The number of methoxy groups -OCH3 is 2. The van der Waals surface area contributed by atoms with Gasteiger partial charge in [0.2, 0.25) is 0 Å². The summed E-state index contributed by atoms with van der Waals surface area (Å²) in [4.78, 5) is 0. The van der Waals surface area contributed by atoms with Gasteiger partial charge in [-0.05, 0) is 27.7 Å². The second-order valence-electron chi connectivity index (χ2n) is 4.29. The summed E-state index contributed by atoms with van der Waals surface area (Å²) in [6.45, 7) is 8.20. The van der Waals surface area contributed by atoms with E-state index in [2.05, 4.69) is 0 Å². The molecule has 4 heteroatoms. The number of aliphatic hydroxyl groups is 1. The quantitative estimate of drug-likeness (QED) is 0.715. The van der Waals surface area contributed by atoms with Crippen LogP contribution in [0.1, 0.15) is 27.7 Å². The minimum Gasteiger partial charge on any atom is -0.393 e. The van der Waals surface area contributed by atoms with Crippen LogP contribution in [-0.4, -0.2) is 43.7 Å². The van der Waals surface area contributed by atoms with Crippen molar-refractivity contribution < 1.29 is 14.6 Å². The molecular weight excluding hydrogens is 182 g/mol. The summed E-state index contributed by atoms with van der Waals surface area (Å²) >= 11 is 0. The lowest BCUT2D eigenvalue weighted by Gasteiger charge is -2.19. The molecule has 0 unspecified atom stereocenters. The summed E-state index contributed by atoms with van der Waals surface area (Å²) in [5, 5.41) is 8.47. The normalized spacial score (nSPS) is 12.0. The van der Waals surface area contributed by atoms with Gasteiger partial charge in [0.05, 0.1) is 17.8 Å². The number of rotatable bonds is 4. The molecule has 3 N–H and O–H groups in total. The van der Waals surface area contributed by atoms with Gasteiger partial charge >= 0.3 is 0 Å². The Labute approximate surface area is 87.4 Å². The second kappa shape index (κ2) is 7.17. The third kappa shape index (κ3) is 9.92. The first-order chi connectivity index (χ1) is 6.24. The minimum atomic E-state index is -0.361. The van der Waals surface area contributed by atoms with E-state index in [1.165, 1.54) is 0 Å². The average Bonchev–Trinajstić information content (AvgIpc) is 2.19. The van der Waals surface area contributed by atoms with Crippen LogP contribution in [0.5, 0.6) is 0 Å². The number of hydrogen-bond donors (Lipinski definition) is 2. The molecule has 14 heavy (non-hydrogen) atoms. The van der Waals surface area contributed by atoms with Gasteiger partial charge in [-0.1, -0.05) is 0 Å². The van der Waals surface area contributed by atoms with Crippen molar-refractivity contribution >= 4 is 0 Å². The van der Waals surface area contributed by atoms with E-state index < -0.39 is 0 Å². The Morgan fingerprint density at radius 2 is 1.36 bits per heavy atom. The Balaban J connectivity index is 0. The van der Waals surface area contributed by atoms with E-state index >= 15 is 0 Å². The number of ether oxygens (including phenoxy) is 2. The van der Waals surface area contributed by atoms with Crippen molar-refractivity contribution in [3.63, 3.8) is 0 Å². The SMILES string of the molecule is COC(C)(C)CN.COC(C)(C)CO. The molecule has 0 saturated heterocycles. The second-order valence-corrected chi connectivity index (χ2v) is 4.29. The highest BCUT2D eigenvalue weighted by atomic mass is 16.5. The number of aliphatic hydroxyl groups excluding tert-OH is 1. The monoisotopic (exact) mass is 207 g/mol. The van der Waals surface area contributed by atoms with Crippen LogP contribution in [0.2, 0.25) is 0 Å². The summed E-state index contributed by atoms with van der Waals surface area (Å²) in [6.07, 6.45) is 0. The maximum Gasteiger partial charge on any atom is 0.0852 e. The molecule has 0 heterocycles. The van der Waals surface area contributed by atoms with Crippen LogP contribution in [0.4, 0.5) is 0 Å². The summed E-state index contributed by atoms with van der Waals surface area (Å²) in [6, 6.07) is 0. The molecular formula is C10H25NO3. The molecule has 0 fully saturated rings. The molecule has 0 aliphatic rings. The van der Waals surface area contributed by atoms with Crippen molar-refractivity contribution in [2.24, 2.45) is 5.73 Å². The van der Waals surface area contributed by atoms with Gasteiger partial charge in [0.25, 0.3) is 0 Å². The molecule has 0 aromatic rings. The summed E-state index contributed by atoms with van der Waals surface area (Å²) in [5.41, 5.74) is 4.79. The van der Waals surface area contributed by atoms with Gasteiger partial charge in [-0.3, -0.25) is 0 Å². The van der Waals surface area contributed by atoms with Crippen LogP contribution >= 0.6 is 0 Å². The summed E-state index contributed by atoms with van der Waals surface area (Å²) < 4.78 is 9.80. The van der Waals surface area contributed by atoms with Crippen LogP contribution in [0.15, 0.2) is 0 Å². The van der Waals surface area contributed by atoms with E-state index in [-0.39, 0.29) is 17.8 Å². The fraction of sp³-hybridized carbons (Fsp3) is 1.00. The number of hydrogen-bond acceptors (Lipinski definition) is 4. The highest BCUT2D eigenvalue weighted by molar-refractivity contribution is 4.66. The Hall–Kier alpha value is -0.160. The van der Waals surface area contributed by atoms with Crippen molar-refractivity contribution in [2.45, 2.75) is 38.9 Å². The van der Waals surface area contributed by atoms with Crippen LogP contribution < -0.4 is 5.73 Å².